The molecule has 0 radical (unpaired) electrons. The van der Waals surface area contributed by atoms with E-state index in [9.17, 15) is 18.4 Å². The van der Waals surface area contributed by atoms with Crippen LogP contribution in [0, 0.1) is 18.6 Å². The Kier molecular flexibility index (Phi) is 5.33. The van der Waals surface area contributed by atoms with E-state index in [1.807, 2.05) is 0 Å². The van der Waals surface area contributed by atoms with Gasteiger partial charge >= 0.3 is 0 Å². The second kappa shape index (κ2) is 8.10. The van der Waals surface area contributed by atoms with E-state index in [0.717, 1.165) is 6.07 Å². The standard InChI is InChI=1S/C22H18F2N4O3/c1-12-15(5-3-7-27-12)22(30)28(19(21(25)29)13-4-2-6-26-10-13)18-11-31-20-16(18)8-14(23)9-17(20)24/h2-10,18-19H,11H2,1H3,(H2,25,29)/t18-,19-/m1/s1. The maximum absolute atomic E-state index is 14.3. The third-order valence-corrected chi connectivity index (χ3v) is 5.14. The van der Waals surface area contributed by atoms with Crippen LogP contribution in [0.4, 0.5) is 8.78 Å². The van der Waals surface area contributed by atoms with Gasteiger partial charge in [0.25, 0.3) is 5.91 Å². The van der Waals surface area contributed by atoms with Crippen LogP contribution in [0.15, 0.2) is 55.0 Å². The Morgan fingerprint density at radius 3 is 2.68 bits per heavy atom. The van der Waals surface area contributed by atoms with Gasteiger partial charge in [0.05, 0.1) is 11.6 Å². The molecule has 0 saturated carbocycles. The van der Waals surface area contributed by atoms with Gasteiger partial charge in [0, 0.05) is 41.5 Å². The molecule has 0 unspecified atom stereocenters. The summed E-state index contributed by atoms with van der Waals surface area (Å²) < 4.78 is 33.7. The van der Waals surface area contributed by atoms with Crippen molar-refractivity contribution in [3.05, 3.63) is 89.0 Å². The van der Waals surface area contributed by atoms with E-state index in [2.05, 4.69) is 9.97 Å². The summed E-state index contributed by atoms with van der Waals surface area (Å²) in [5, 5.41) is 0. The molecular weight excluding hydrogens is 406 g/mol. The molecule has 0 bridgehead atoms. The van der Waals surface area contributed by atoms with Gasteiger partial charge in [0.1, 0.15) is 18.5 Å². The fourth-order valence-corrected chi connectivity index (χ4v) is 3.75. The predicted molar refractivity (Wildman–Crippen MR) is 106 cm³/mol. The van der Waals surface area contributed by atoms with E-state index in [1.54, 1.807) is 31.2 Å². The van der Waals surface area contributed by atoms with Gasteiger partial charge in [0.15, 0.2) is 11.6 Å². The van der Waals surface area contributed by atoms with E-state index >= 15 is 0 Å². The Labute approximate surface area is 176 Å². The molecule has 0 aliphatic carbocycles. The van der Waals surface area contributed by atoms with Crippen molar-refractivity contribution in [3.8, 4) is 5.75 Å². The maximum atomic E-state index is 14.3. The summed E-state index contributed by atoms with van der Waals surface area (Å²) in [6.07, 6.45) is 4.45. The Morgan fingerprint density at radius 1 is 1.23 bits per heavy atom. The average molecular weight is 424 g/mol. The normalized spacial score (nSPS) is 15.6. The molecule has 2 aromatic heterocycles. The lowest BCUT2D eigenvalue weighted by Crippen LogP contribution is -2.44. The molecule has 2 amide bonds. The number of carbonyl (C=O) groups is 2. The topological polar surface area (TPSA) is 98.4 Å². The number of aromatic nitrogens is 2. The molecule has 158 valence electrons. The van der Waals surface area contributed by atoms with E-state index in [4.69, 9.17) is 10.5 Å². The van der Waals surface area contributed by atoms with Crippen molar-refractivity contribution in [2.24, 2.45) is 5.73 Å². The molecule has 7 nitrogen and oxygen atoms in total. The van der Waals surface area contributed by atoms with Crippen LogP contribution < -0.4 is 10.5 Å². The SMILES string of the molecule is Cc1ncccc1C(=O)N([C@@H]1COc2c(F)cc(F)cc21)[C@@H](C(N)=O)c1cccnc1. The zero-order valence-electron chi connectivity index (χ0n) is 16.5. The van der Waals surface area contributed by atoms with Crippen molar-refractivity contribution >= 4 is 11.8 Å². The van der Waals surface area contributed by atoms with Crippen LogP contribution in [0.2, 0.25) is 0 Å². The van der Waals surface area contributed by atoms with Crippen LogP contribution in [-0.4, -0.2) is 33.3 Å². The highest BCUT2D eigenvalue weighted by Crippen LogP contribution is 2.42. The van der Waals surface area contributed by atoms with E-state index in [1.165, 1.54) is 23.5 Å². The smallest absolute Gasteiger partial charge is 0.257 e. The highest BCUT2D eigenvalue weighted by Gasteiger charge is 2.42. The molecule has 1 aliphatic heterocycles. The molecular formula is C22H18F2N4O3. The summed E-state index contributed by atoms with van der Waals surface area (Å²) in [7, 11) is 0. The fraction of sp³-hybridized carbons (Fsp3) is 0.182. The molecule has 0 saturated heterocycles. The highest BCUT2D eigenvalue weighted by atomic mass is 19.1. The second-order valence-electron chi connectivity index (χ2n) is 7.07. The number of hydrogen-bond acceptors (Lipinski definition) is 5. The molecule has 2 atom stereocenters. The lowest BCUT2D eigenvalue weighted by molar-refractivity contribution is -0.123. The van der Waals surface area contributed by atoms with Crippen LogP contribution in [0.1, 0.15) is 39.3 Å². The number of nitrogens with two attached hydrogens (primary N) is 1. The monoisotopic (exact) mass is 424 g/mol. The summed E-state index contributed by atoms with van der Waals surface area (Å²) in [6.45, 7) is 1.47. The third-order valence-electron chi connectivity index (χ3n) is 5.14. The molecule has 0 spiro atoms. The van der Waals surface area contributed by atoms with Crippen molar-refractivity contribution in [2.75, 3.05) is 6.61 Å². The van der Waals surface area contributed by atoms with Crippen molar-refractivity contribution in [3.63, 3.8) is 0 Å². The van der Waals surface area contributed by atoms with Gasteiger partial charge in [-0.3, -0.25) is 19.6 Å². The van der Waals surface area contributed by atoms with Crippen molar-refractivity contribution in [1.82, 2.24) is 14.9 Å². The Balaban J connectivity index is 1.90. The lowest BCUT2D eigenvalue weighted by Gasteiger charge is -2.34. The van der Waals surface area contributed by atoms with Gasteiger partial charge in [0.2, 0.25) is 5.91 Å². The van der Waals surface area contributed by atoms with E-state index in [0.29, 0.717) is 17.3 Å². The minimum Gasteiger partial charge on any atom is -0.488 e. The van der Waals surface area contributed by atoms with Gasteiger partial charge in [-0.1, -0.05) is 6.07 Å². The number of amides is 2. The zero-order valence-corrected chi connectivity index (χ0v) is 16.5. The van der Waals surface area contributed by atoms with Crippen LogP contribution in [-0.2, 0) is 4.79 Å². The first-order chi connectivity index (χ1) is 14.9. The molecule has 3 aromatic rings. The maximum Gasteiger partial charge on any atom is 0.257 e. The molecule has 1 aliphatic rings. The Morgan fingerprint density at radius 2 is 2.00 bits per heavy atom. The summed E-state index contributed by atoms with van der Waals surface area (Å²) in [4.78, 5) is 35.6. The van der Waals surface area contributed by atoms with Gasteiger partial charge in [-0.2, -0.15) is 0 Å². The quantitative estimate of drug-likeness (QED) is 0.679. The molecule has 2 N–H and O–H groups in total. The first-order valence-electron chi connectivity index (χ1n) is 9.43. The summed E-state index contributed by atoms with van der Waals surface area (Å²) in [6, 6.07) is 5.90. The molecule has 0 fully saturated rings. The number of carbonyl (C=O) groups excluding carboxylic acids is 2. The van der Waals surface area contributed by atoms with E-state index in [-0.39, 0.29) is 23.5 Å². The Bertz CT molecular complexity index is 1160. The summed E-state index contributed by atoms with van der Waals surface area (Å²) in [5.41, 5.74) is 6.83. The van der Waals surface area contributed by atoms with Crippen molar-refractivity contribution < 1.29 is 23.1 Å². The Hall–Kier alpha value is -3.88. The largest absolute Gasteiger partial charge is 0.488 e. The number of ether oxygens (including phenoxy) is 1. The van der Waals surface area contributed by atoms with Gasteiger partial charge in [-0.05, 0) is 31.2 Å². The third kappa shape index (κ3) is 3.70. The number of rotatable bonds is 5. The van der Waals surface area contributed by atoms with E-state index < -0.39 is 35.5 Å². The zero-order chi connectivity index (χ0) is 22.1. The molecule has 1 aromatic carbocycles. The fourth-order valence-electron chi connectivity index (χ4n) is 3.75. The number of nitrogens with zero attached hydrogens (tertiary/aromatic N) is 3. The number of benzene rings is 1. The minimum atomic E-state index is -1.26. The van der Waals surface area contributed by atoms with Crippen LogP contribution >= 0.6 is 0 Å². The average Bonchev–Trinajstić information content (AvgIpc) is 3.16. The van der Waals surface area contributed by atoms with Crippen LogP contribution in [0.3, 0.4) is 0 Å². The number of hydrogen-bond donors (Lipinski definition) is 1. The minimum absolute atomic E-state index is 0.113. The number of aryl methyl sites for hydroxylation is 1. The first kappa shape index (κ1) is 20.4. The van der Waals surface area contributed by atoms with Gasteiger partial charge in [-0.15, -0.1) is 0 Å². The molecule has 9 heteroatoms. The highest BCUT2D eigenvalue weighted by molar-refractivity contribution is 5.98. The predicted octanol–water partition coefficient (Wildman–Crippen LogP) is 2.87. The first-order valence-corrected chi connectivity index (χ1v) is 9.43. The second-order valence-corrected chi connectivity index (χ2v) is 7.07. The van der Waals surface area contributed by atoms with Crippen molar-refractivity contribution in [2.45, 2.75) is 19.0 Å². The summed E-state index contributed by atoms with van der Waals surface area (Å²) >= 11 is 0. The molecule has 3 heterocycles. The van der Waals surface area contributed by atoms with Gasteiger partial charge in [-0.25, -0.2) is 8.78 Å². The van der Waals surface area contributed by atoms with Crippen LogP contribution in [0.5, 0.6) is 5.75 Å². The molecule has 31 heavy (non-hydrogen) atoms. The van der Waals surface area contributed by atoms with Crippen LogP contribution in [0.25, 0.3) is 0 Å². The lowest BCUT2D eigenvalue weighted by atomic mass is 9.98. The van der Waals surface area contributed by atoms with Crippen molar-refractivity contribution in [1.29, 1.82) is 0 Å². The number of pyridine rings is 2. The molecule has 4 rings (SSSR count). The number of primary amides is 1. The van der Waals surface area contributed by atoms with Gasteiger partial charge < -0.3 is 15.4 Å². The number of fused-ring (bicyclic) bond motifs is 1. The number of halogens is 2. The summed E-state index contributed by atoms with van der Waals surface area (Å²) in [5.74, 6) is -3.28.